The van der Waals surface area contributed by atoms with Gasteiger partial charge in [0, 0.05) is 32.6 Å². The summed E-state index contributed by atoms with van der Waals surface area (Å²) >= 11 is 0. The number of carbonyl (C=O) groups is 2. The average Bonchev–Trinajstić information content (AvgIpc) is 3.02. The Morgan fingerprint density at radius 3 is 2.96 bits per heavy atom. The Hall–Kier alpha value is -2.64. The van der Waals surface area contributed by atoms with E-state index in [2.05, 4.69) is 15.6 Å². The molecule has 1 aliphatic carbocycles. The van der Waals surface area contributed by atoms with Crippen LogP contribution in [0.15, 0.2) is 23.1 Å². The smallest absolute Gasteiger partial charge is 0.256 e. The number of hydrogen-bond donors (Lipinski definition) is 1. The highest BCUT2D eigenvalue weighted by Crippen LogP contribution is 2.42. The van der Waals surface area contributed by atoms with Crippen LogP contribution in [-0.4, -0.2) is 40.4 Å². The zero-order valence-corrected chi connectivity index (χ0v) is 13.5. The first kappa shape index (κ1) is 14.9. The molecule has 1 saturated carbocycles. The maximum atomic E-state index is 12.6. The molecule has 1 aliphatic heterocycles. The molecule has 2 amide bonds. The van der Waals surface area contributed by atoms with Crippen LogP contribution >= 0.6 is 0 Å². The van der Waals surface area contributed by atoms with Crippen LogP contribution in [0.3, 0.4) is 0 Å². The van der Waals surface area contributed by atoms with E-state index in [1.165, 1.54) is 11.2 Å². The minimum absolute atomic E-state index is 0.00507. The molecule has 8 heteroatoms. The number of nitrogens with one attached hydrogen (secondary N) is 1. The summed E-state index contributed by atoms with van der Waals surface area (Å²) in [5.41, 5.74) is 0.840. The third-order valence-corrected chi connectivity index (χ3v) is 4.90. The Morgan fingerprint density at radius 2 is 2.25 bits per heavy atom. The lowest BCUT2D eigenvalue weighted by molar-refractivity contribution is -0.118. The van der Waals surface area contributed by atoms with Crippen LogP contribution in [0, 0.1) is 0 Å². The van der Waals surface area contributed by atoms with Crippen molar-refractivity contribution in [2.75, 3.05) is 18.5 Å². The topological polar surface area (TPSA) is 93.3 Å². The fourth-order valence-corrected chi connectivity index (χ4v) is 3.22. The van der Waals surface area contributed by atoms with Gasteiger partial charge in [-0.25, -0.2) is 4.68 Å². The Labute approximate surface area is 138 Å². The average molecular weight is 329 g/mol. The number of aryl methyl sites for hydroxylation is 1. The Bertz CT molecular complexity index is 776. The maximum absolute atomic E-state index is 12.6. The minimum atomic E-state index is -0.229. The number of anilines is 1. The van der Waals surface area contributed by atoms with Crippen LogP contribution in [0.5, 0.6) is 0 Å². The number of furan rings is 1. The fraction of sp³-hybridized carbons (Fsp3) is 0.500. The molecule has 0 saturated heterocycles. The van der Waals surface area contributed by atoms with Crippen molar-refractivity contribution in [1.29, 1.82) is 0 Å². The second-order valence-electron chi connectivity index (χ2n) is 6.48. The summed E-state index contributed by atoms with van der Waals surface area (Å²) < 4.78 is 7.35. The molecule has 3 heterocycles. The van der Waals surface area contributed by atoms with Gasteiger partial charge in [0.2, 0.25) is 5.91 Å². The first-order valence-corrected chi connectivity index (χ1v) is 8.13. The van der Waals surface area contributed by atoms with Gasteiger partial charge in [-0.15, -0.1) is 5.10 Å². The summed E-state index contributed by atoms with van der Waals surface area (Å²) in [6.45, 7) is 0.479. The molecule has 0 aromatic carbocycles. The molecular weight excluding hydrogens is 310 g/mol. The molecule has 0 bridgehead atoms. The van der Waals surface area contributed by atoms with Gasteiger partial charge in [0.1, 0.15) is 17.6 Å². The summed E-state index contributed by atoms with van der Waals surface area (Å²) in [6.07, 6.45) is 8.69. The number of carbonyl (C=O) groups excluding carboxylic acids is 2. The molecule has 1 fully saturated rings. The molecule has 0 spiro atoms. The summed E-state index contributed by atoms with van der Waals surface area (Å²) in [7, 11) is 1.69. The largest absolute Gasteiger partial charge is 0.466 e. The van der Waals surface area contributed by atoms with Crippen LogP contribution < -0.4 is 10.2 Å². The van der Waals surface area contributed by atoms with Crippen molar-refractivity contribution in [2.45, 2.75) is 37.6 Å². The normalized spacial score (nSPS) is 18.9. The summed E-state index contributed by atoms with van der Waals surface area (Å²) in [6, 6.07) is 0. The van der Waals surface area contributed by atoms with Crippen LogP contribution in [0.4, 0.5) is 5.69 Å². The lowest BCUT2D eigenvalue weighted by Crippen LogP contribution is -2.36. The van der Waals surface area contributed by atoms with Crippen LogP contribution in [-0.2, 0) is 16.8 Å². The fourth-order valence-electron chi connectivity index (χ4n) is 3.22. The zero-order valence-electron chi connectivity index (χ0n) is 13.5. The van der Waals surface area contributed by atoms with E-state index >= 15 is 0 Å². The van der Waals surface area contributed by atoms with E-state index in [0.29, 0.717) is 36.4 Å². The molecule has 0 radical (unpaired) electrons. The van der Waals surface area contributed by atoms with E-state index in [1.54, 1.807) is 17.9 Å². The molecule has 0 unspecified atom stereocenters. The molecule has 2 aliphatic rings. The molecular formula is C16H19N5O3. The van der Waals surface area contributed by atoms with Gasteiger partial charge in [0.25, 0.3) is 5.91 Å². The summed E-state index contributed by atoms with van der Waals surface area (Å²) in [5.74, 6) is 0.476. The van der Waals surface area contributed by atoms with Crippen molar-refractivity contribution >= 4 is 17.5 Å². The van der Waals surface area contributed by atoms with E-state index in [1.807, 2.05) is 6.20 Å². The Kier molecular flexibility index (Phi) is 3.40. The lowest BCUT2D eigenvalue weighted by Gasteiger charge is -2.18. The SMILES string of the molecule is CN1C(=O)CCCc2occ(C(=O)NCC3(n4ccnn4)CC3)c21. The van der Waals surface area contributed by atoms with Gasteiger partial charge >= 0.3 is 0 Å². The molecule has 4 rings (SSSR count). The minimum Gasteiger partial charge on any atom is -0.466 e. The van der Waals surface area contributed by atoms with Gasteiger partial charge in [-0.05, 0) is 19.3 Å². The van der Waals surface area contributed by atoms with Crippen molar-refractivity contribution in [3.8, 4) is 0 Å². The van der Waals surface area contributed by atoms with Crippen LogP contribution in [0.1, 0.15) is 41.8 Å². The van der Waals surface area contributed by atoms with Crippen molar-refractivity contribution in [2.24, 2.45) is 0 Å². The number of rotatable bonds is 4. The van der Waals surface area contributed by atoms with E-state index in [9.17, 15) is 9.59 Å². The van der Waals surface area contributed by atoms with Gasteiger partial charge < -0.3 is 14.6 Å². The molecule has 1 N–H and O–H groups in total. The number of amides is 2. The predicted molar refractivity (Wildman–Crippen MR) is 84.6 cm³/mol. The predicted octanol–water partition coefficient (Wildman–Crippen LogP) is 1.09. The monoisotopic (exact) mass is 329 g/mol. The molecule has 8 nitrogen and oxygen atoms in total. The lowest BCUT2D eigenvalue weighted by atomic mass is 10.1. The van der Waals surface area contributed by atoms with Crippen molar-refractivity contribution in [3.05, 3.63) is 30.0 Å². The maximum Gasteiger partial charge on any atom is 0.256 e. The van der Waals surface area contributed by atoms with Gasteiger partial charge in [-0.1, -0.05) is 5.21 Å². The molecule has 2 aromatic rings. The highest BCUT2D eigenvalue weighted by molar-refractivity contribution is 6.05. The van der Waals surface area contributed by atoms with Gasteiger partial charge in [0.15, 0.2) is 0 Å². The van der Waals surface area contributed by atoms with E-state index in [4.69, 9.17) is 4.42 Å². The van der Waals surface area contributed by atoms with Crippen molar-refractivity contribution in [1.82, 2.24) is 20.3 Å². The molecule has 2 aromatic heterocycles. The van der Waals surface area contributed by atoms with Crippen molar-refractivity contribution in [3.63, 3.8) is 0 Å². The number of fused-ring (bicyclic) bond motifs is 1. The third-order valence-electron chi connectivity index (χ3n) is 4.90. The molecule has 24 heavy (non-hydrogen) atoms. The molecule has 0 atom stereocenters. The highest BCUT2D eigenvalue weighted by Gasteiger charge is 2.46. The van der Waals surface area contributed by atoms with Gasteiger partial charge in [0.05, 0.1) is 17.4 Å². The number of hydrogen-bond acceptors (Lipinski definition) is 5. The van der Waals surface area contributed by atoms with Gasteiger partial charge in [-0.3, -0.25) is 9.59 Å². The highest BCUT2D eigenvalue weighted by atomic mass is 16.3. The summed E-state index contributed by atoms with van der Waals surface area (Å²) in [5, 5.41) is 10.8. The van der Waals surface area contributed by atoms with Gasteiger partial charge in [-0.2, -0.15) is 0 Å². The van der Waals surface area contributed by atoms with Crippen LogP contribution in [0.2, 0.25) is 0 Å². The number of nitrogens with zero attached hydrogens (tertiary/aromatic N) is 4. The van der Waals surface area contributed by atoms with Crippen molar-refractivity contribution < 1.29 is 14.0 Å². The van der Waals surface area contributed by atoms with E-state index < -0.39 is 0 Å². The first-order valence-electron chi connectivity index (χ1n) is 8.13. The number of aromatic nitrogens is 3. The second kappa shape index (κ2) is 5.47. The van der Waals surface area contributed by atoms with Crippen LogP contribution in [0.25, 0.3) is 0 Å². The summed E-state index contributed by atoms with van der Waals surface area (Å²) in [4.78, 5) is 26.2. The standard InChI is InChI=1S/C16H19N5O3/c1-20-13(22)4-2-3-12-14(20)11(9-24-12)15(23)17-10-16(5-6-16)21-8-7-18-19-21/h7-9H,2-6,10H2,1H3,(H,17,23). The second-order valence-corrected chi connectivity index (χ2v) is 6.48. The zero-order chi connectivity index (χ0) is 16.7. The van der Waals surface area contributed by atoms with E-state index in [-0.39, 0.29) is 17.4 Å². The third kappa shape index (κ3) is 2.38. The first-order chi connectivity index (χ1) is 11.6. The Morgan fingerprint density at radius 1 is 1.42 bits per heavy atom. The Balaban J connectivity index is 1.52. The van der Waals surface area contributed by atoms with E-state index in [0.717, 1.165) is 19.3 Å². The molecule has 126 valence electrons. The quantitative estimate of drug-likeness (QED) is 0.906.